The molecule has 2 heteroatoms. The van der Waals surface area contributed by atoms with Crippen LogP contribution in [0.5, 0.6) is 0 Å². The molecule has 0 aliphatic heterocycles. The fourth-order valence-corrected chi connectivity index (χ4v) is 4.34. The minimum absolute atomic E-state index is 0.197. The number of methoxy groups -OCH3 is 1. The van der Waals surface area contributed by atoms with Crippen molar-refractivity contribution >= 4 is 0 Å². The lowest BCUT2D eigenvalue weighted by Crippen LogP contribution is -2.45. The van der Waals surface area contributed by atoms with Crippen LogP contribution in [0.4, 0.5) is 0 Å². The number of hydrogen-bond donors (Lipinski definition) is 0. The van der Waals surface area contributed by atoms with E-state index < -0.39 is 0 Å². The lowest BCUT2D eigenvalue weighted by atomic mass is 9.67. The van der Waals surface area contributed by atoms with E-state index in [4.69, 9.17) is 9.47 Å². The van der Waals surface area contributed by atoms with Gasteiger partial charge in [0.1, 0.15) is 0 Å². The Bertz CT molecular complexity index is 248. The standard InChI is InChI=1S/C17H32O2/c1-4-14-10-12-17(18-3,13-11-14)15-6-8-16(9-7-15)19-5-2/h14-16H,4-13H2,1-3H3/t14-,15-,16-,17-. The maximum Gasteiger partial charge on any atom is 0.0707 e. The Labute approximate surface area is 119 Å². The maximum absolute atomic E-state index is 6.07. The minimum atomic E-state index is 0.197. The van der Waals surface area contributed by atoms with Crippen LogP contribution in [0.15, 0.2) is 0 Å². The summed E-state index contributed by atoms with van der Waals surface area (Å²) in [5.74, 6) is 1.72. The summed E-state index contributed by atoms with van der Waals surface area (Å²) in [5.41, 5.74) is 0.197. The van der Waals surface area contributed by atoms with Crippen molar-refractivity contribution in [2.75, 3.05) is 13.7 Å². The largest absolute Gasteiger partial charge is 0.379 e. The SMILES string of the molecule is CCO[C@H]1CC[C@H]([C@]2(OC)CC[C@H](CC)CC2)CC1. The molecule has 0 heterocycles. The van der Waals surface area contributed by atoms with Gasteiger partial charge in [0.05, 0.1) is 11.7 Å². The lowest BCUT2D eigenvalue weighted by Gasteiger charge is -2.47. The second-order valence-corrected chi connectivity index (χ2v) is 6.55. The molecule has 0 aromatic rings. The van der Waals surface area contributed by atoms with Gasteiger partial charge in [-0.3, -0.25) is 0 Å². The van der Waals surface area contributed by atoms with Crippen LogP contribution >= 0.6 is 0 Å². The molecule has 19 heavy (non-hydrogen) atoms. The van der Waals surface area contributed by atoms with Crippen molar-refractivity contribution in [3.63, 3.8) is 0 Å². The molecule has 0 radical (unpaired) electrons. The van der Waals surface area contributed by atoms with Crippen LogP contribution in [0.2, 0.25) is 0 Å². The van der Waals surface area contributed by atoms with Crippen molar-refractivity contribution in [1.82, 2.24) is 0 Å². The molecule has 2 rings (SSSR count). The van der Waals surface area contributed by atoms with Crippen LogP contribution in [0.1, 0.15) is 71.6 Å². The van der Waals surface area contributed by atoms with E-state index in [0.717, 1.165) is 18.4 Å². The van der Waals surface area contributed by atoms with Gasteiger partial charge < -0.3 is 9.47 Å². The van der Waals surface area contributed by atoms with Crippen molar-refractivity contribution in [3.8, 4) is 0 Å². The van der Waals surface area contributed by atoms with Gasteiger partial charge in [0.15, 0.2) is 0 Å². The first kappa shape index (κ1) is 15.3. The van der Waals surface area contributed by atoms with Crippen molar-refractivity contribution in [2.45, 2.75) is 83.3 Å². The Balaban J connectivity index is 1.88. The molecule has 0 unspecified atom stereocenters. The van der Waals surface area contributed by atoms with E-state index in [-0.39, 0.29) is 5.60 Å². The predicted molar refractivity (Wildman–Crippen MR) is 79.4 cm³/mol. The monoisotopic (exact) mass is 268 g/mol. The van der Waals surface area contributed by atoms with Gasteiger partial charge in [0.25, 0.3) is 0 Å². The summed E-state index contributed by atoms with van der Waals surface area (Å²) in [6.07, 6.45) is 12.2. The third kappa shape index (κ3) is 3.52. The first-order valence-electron chi connectivity index (χ1n) is 8.40. The molecular formula is C17H32O2. The van der Waals surface area contributed by atoms with Crippen LogP contribution in [-0.4, -0.2) is 25.4 Å². The van der Waals surface area contributed by atoms with E-state index in [1.165, 1.54) is 57.8 Å². The summed E-state index contributed by atoms with van der Waals surface area (Å²) in [4.78, 5) is 0. The van der Waals surface area contributed by atoms with E-state index in [9.17, 15) is 0 Å². The van der Waals surface area contributed by atoms with Gasteiger partial charge in [0, 0.05) is 13.7 Å². The van der Waals surface area contributed by atoms with Gasteiger partial charge in [0.2, 0.25) is 0 Å². The molecule has 0 atom stereocenters. The summed E-state index contributed by atoms with van der Waals surface area (Å²) in [7, 11) is 1.95. The number of hydrogen-bond acceptors (Lipinski definition) is 2. The van der Waals surface area contributed by atoms with Gasteiger partial charge in [-0.25, -0.2) is 0 Å². The zero-order valence-corrected chi connectivity index (χ0v) is 13.1. The second kappa shape index (κ2) is 7.08. The highest BCUT2D eigenvalue weighted by molar-refractivity contribution is 4.94. The molecule has 0 aromatic carbocycles. The number of rotatable bonds is 5. The van der Waals surface area contributed by atoms with Crippen LogP contribution in [0, 0.1) is 11.8 Å². The van der Waals surface area contributed by atoms with Crippen LogP contribution in [-0.2, 0) is 9.47 Å². The first-order chi connectivity index (χ1) is 9.24. The fraction of sp³-hybridized carbons (Fsp3) is 1.00. The van der Waals surface area contributed by atoms with Gasteiger partial charge in [-0.2, -0.15) is 0 Å². The molecule has 2 aliphatic rings. The third-order valence-electron chi connectivity index (χ3n) is 5.76. The quantitative estimate of drug-likeness (QED) is 0.727. The molecular weight excluding hydrogens is 236 g/mol. The predicted octanol–water partition coefficient (Wildman–Crippen LogP) is 4.57. The average molecular weight is 268 g/mol. The molecule has 2 fully saturated rings. The number of ether oxygens (including phenoxy) is 2. The van der Waals surface area contributed by atoms with E-state index in [1.54, 1.807) is 0 Å². The summed E-state index contributed by atoms with van der Waals surface area (Å²) in [6.45, 7) is 5.30. The Morgan fingerprint density at radius 3 is 2.05 bits per heavy atom. The van der Waals surface area contributed by atoms with Crippen LogP contribution in [0.3, 0.4) is 0 Å². The van der Waals surface area contributed by atoms with Gasteiger partial charge in [-0.1, -0.05) is 13.3 Å². The highest BCUT2D eigenvalue weighted by Crippen LogP contribution is 2.46. The Hall–Kier alpha value is -0.0800. The van der Waals surface area contributed by atoms with Crippen LogP contribution < -0.4 is 0 Å². The Morgan fingerprint density at radius 2 is 1.58 bits per heavy atom. The normalized spacial score (nSPS) is 40.3. The Morgan fingerprint density at radius 1 is 0.947 bits per heavy atom. The van der Waals surface area contributed by atoms with Crippen LogP contribution in [0.25, 0.3) is 0 Å². The zero-order chi connectivity index (χ0) is 13.7. The highest BCUT2D eigenvalue weighted by Gasteiger charge is 2.43. The molecule has 2 nitrogen and oxygen atoms in total. The van der Waals surface area contributed by atoms with E-state index in [2.05, 4.69) is 13.8 Å². The highest BCUT2D eigenvalue weighted by atomic mass is 16.5. The molecule has 2 saturated carbocycles. The summed E-state index contributed by atoms with van der Waals surface area (Å²) < 4.78 is 11.8. The van der Waals surface area contributed by atoms with Gasteiger partial charge in [-0.15, -0.1) is 0 Å². The summed E-state index contributed by atoms with van der Waals surface area (Å²) >= 11 is 0. The average Bonchev–Trinajstić information content (AvgIpc) is 2.48. The fourth-order valence-electron chi connectivity index (χ4n) is 4.34. The molecule has 0 N–H and O–H groups in total. The molecule has 2 aliphatic carbocycles. The zero-order valence-electron chi connectivity index (χ0n) is 13.1. The third-order valence-corrected chi connectivity index (χ3v) is 5.76. The Kier molecular flexibility index (Phi) is 5.70. The molecule has 0 saturated heterocycles. The minimum Gasteiger partial charge on any atom is -0.379 e. The first-order valence-corrected chi connectivity index (χ1v) is 8.40. The van der Waals surface area contributed by atoms with E-state index >= 15 is 0 Å². The smallest absolute Gasteiger partial charge is 0.0707 e. The van der Waals surface area contributed by atoms with E-state index in [0.29, 0.717) is 6.10 Å². The van der Waals surface area contributed by atoms with Gasteiger partial charge in [-0.05, 0) is 70.1 Å². The molecule has 0 bridgehead atoms. The summed E-state index contributed by atoms with van der Waals surface area (Å²) in [6, 6.07) is 0. The van der Waals surface area contributed by atoms with Crippen molar-refractivity contribution in [3.05, 3.63) is 0 Å². The molecule has 0 spiro atoms. The maximum atomic E-state index is 6.07. The topological polar surface area (TPSA) is 18.5 Å². The molecule has 0 aromatic heterocycles. The molecule has 0 amide bonds. The van der Waals surface area contributed by atoms with Crippen molar-refractivity contribution in [1.29, 1.82) is 0 Å². The van der Waals surface area contributed by atoms with Gasteiger partial charge >= 0.3 is 0 Å². The second-order valence-electron chi connectivity index (χ2n) is 6.55. The lowest BCUT2D eigenvalue weighted by molar-refractivity contribution is -0.112. The van der Waals surface area contributed by atoms with Crippen molar-refractivity contribution in [2.24, 2.45) is 11.8 Å². The summed E-state index contributed by atoms with van der Waals surface area (Å²) in [5, 5.41) is 0. The molecule has 112 valence electrons. The van der Waals surface area contributed by atoms with E-state index in [1.807, 2.05) is 7.11 Å². The van der Waals surface area contributed by atoms with Crippen molar-refractivity contribution < 1.29 is 9.47 Å².